The molecule has 3 N–H and O–H groups in total. The number of aryl methyl sites for hydroxylation is 2. The first-order chi connectivity index (χ1) is 9.87. The average Bonchev–Trinajstić information content (AvgIpc) is 2.77. The van der Waals surface area contributed by atoms with Gasteiger partial charge in [0.15, 0.2) is 5.13 Å². The molecule has 2 rings (SSSR count). The maximum absolute atomic E-state index is 12.3. The molecule has 1 aromatic heterocycles. The highest BCUT2D eigenvalue weighted by atomic mass is 32.2. The molecule has 1 aromatic carbocycles. The van der Waals surface area contributed by atoms with Crippen LogP contribution in [0.3, 0.4) is 0 Å². The minimum Gasteiger partial charge on any atom is -0.398 e. The number of nitriles is 1. The van der Waals surface area contributed by atoms with Crippen LogP contribution in [0.1, 0.15) is 23.1 Å². The maximum atomic E-state index is 12.3. The quantitative estimate of drug-likeness (QED) is 0.839. The normalized spacial score (nSPS) is 11.1. The highest BCUT2D eigenvalue weighted by Crippen LogP contribution is 2.27. The average molecular weight is 322 g/mol. The summed E-state index contributed by atoms with van der Waals surface area (Å²) in [7, 11) is -3.82. The molecule has 0 aliphatic carbocycles. The van der Waals surface area contributed by atoms with Gasteiger partial charge in [0.2, 0.25) is 0 Å². The first kappa shape index (κ1) is 15.3. The third-order valence-corrected chi connectivity index (χ3v) is 5.35. The summed E-state index contributed by atoms with van der Waals surface area (Å²) in [5.74, 6) is 0. The van der Waals surface area contributed by atoms with Crippen molar-refractivity contribution < 1.29 is 8.42 Å². The molecule has 1 heterocycles. The fourth-order valence-corrected chi connectivity index (χ4v) is 4.08. The summed E-state index contributed by atoms with van der Waals surface area (Å²) in [4.78, 5) is 5.15. The number of sulfonamides is 1. The van der Waals surface area contributed by atoms with Crippen LogP contribution in [0.5, 0.6) is 0 Å². The second kappa shape index (κ2) is 5.71. The fraction of sp³-hybridized carbons (Fsp3) is 0.231. The second-order valence-electron chi connectivity index (χ2n) is 4.35. The van der Waals surface area contributed by atoms with E-state index in [0.717, 1.165) is 17.0 Å². The lowest BCUT2D eigenvalue weighted by Gasteiger charge is -2.08. The van der Waals surface area contributed by atoms with Gasteiger partial charge in [-0.2, -0.15) is 5.26 Å². The van der Waals surface area contributed by atoms with Crippen molar-refractivity contribution >= 4 is 32.2 Å². The molecule has 0 aliphatic heterocycles. The summed E-state index contributed by atoms with van der Waals surface area (Å²) in [6.45, 7) is 3.85. The molecule has 0 amide bonds. The highest BCUT2D eigenvalue weighted by molar-refractivity contribution is 7.93. The number of benzene rings is 1. The van der Waals surface area contributed by atoms with Crippen molar-refractivity contribution in [2.24, 2.45) is 0 Å². The Labute approximate surface area is 127 Å². The molecule has 21 heavy (non-hydrogen) atoms. The van der Waals surface area contributed by atoms with Crippen molar-refractivity contribution in [3.8, 4) is 6.07 Å². The molecule has 110 valence electrons. The Balaban J connectivity index is 2.36. The van der Waals surface area contributed by atoms with Crippen LogP contribution in [-0.4, -0.2) is 13.4 Å². The zero-order valence-electron chi connectivity index (χ0n) is 11.5. The molecule has 0 saturated carbocycles. The number of rotatable bonds is 4. The van der Waals surface area contributed by atoms with E-state index in [9.17, 15) is 8.42 Å². The van der Waals surface area contributed by atoms with Crippen molar-refractivity contribution in [3.05, 3.63) is 34.3 Å². The van der Waals surface area contributed by atoms with Gasteiger partial charge in [-0.3, -0.25) is 4.72 Å². The van der Waals surface area contributed by atoms with Crippen molar-refractivity contribution in [1.82, 2.24) is 4.98 Å². The third-order valence-electron chi connectivity index (χ3n) is 2.88. The Morgan fingerprint density at radius 2 is 2.19 bits per heavy atom. The number of nitrogens with zero attached hydrogens (tertiary/aromatic N) is 2. The Morgan fingerprint density at radius 1 is 1.48 bits per heavy atom. The lowest BCUT2D eigenvalue weighted by Crippen LogP contribution is -2.14. The number of nitrogens with two attached hydrogens (primary N) is 1. The molecule has 0 atom stereocenters. The van der Waals surface area contributed by atoms with Gasteiger partial charge in [-0.05, 0) is 31.5 Å². The molecule has 0 bridgehead atoms. The summed E-state index contributed by atoms with van der Waals surface area (Å²) < 4.78 is 27.1. The lowest BCUT2D eigenvalue weighted by molar-refractivity contribution is 0.601. The molecule has 2 aromatic rings. The van der Waals surface area contributed by atoms with Crippen molar-refractivity contribution in [1.29, 1.82) is 5.26 Å². The van der Waals surface area contributed by atoms with E-state index in [2.05, 4.69) is 9.71 Å². The van der Waals surface area contributed by atoms with E-state index in [1.165, 1.54) is 29.5 Å². The Bertz CT molecular complexity index is 819. The number of aromatic nitrogens is 1. The van der Waals surface area contributed by atoms with Gasteiger partial charge in [-0.25, -0.2) is 13.4 Å². The molecule has 0 fully saturated rings. The van der Waals surface area contributed by atoms with E-state index in [0.29, 0.717) is 10.7 Å². The van der Waals surface area contributed by atoms with Crippen LogP contribution in [0.2, 0.25) is 0 Å². The Morgan fingerprint density at radius 3 is 2.71 bits per heavy atom. The van der Waals surface area contributed by atoms with Gasteiger partial charge >= 0.3 is 0 Å². The van der Waals surface area contributed by atoms with Crippen LogP contribution < -0.4 is 10.5 Å². The Hall–Kier alpha value is -2.11. The lowest BCUT2D eigenvalue weighted by atomic mass is 10.2. The van der Waals surface area contributed by atoms with Gasteiger partial charge in [-0.1, -0.05) is 6.92 Å². The monoisotopic (exact) mass is 322 g/mol. The predicted molar refractivity (Wildman–Crippen MR) is 82.6 cm³/mol. The summed E-state index contributed by atoms with van der Waals surface area (Å²) in [6, 6.07) is 5.97. The largest absolute Gasteiger partial charge is 0.398 e. The number of nitrogens with one attached hydrogen (secondary N) is 1. The van der Waals surface area contributed by atoms with Crippen LogP contribution in [0.25, 0.3) is 0 Å². The van der Waals surface area contributed by atoms with E-state index in [1.54, 1.807) is 0 Å². The van der Waals surface area contributed by atoms with Crippen molar-refractivity contribution in [2.45, 2.75) is 25.2 Å². The molecule has 0 aliphatic rings. The SMILES string of the molecule is CCc1nc(NS(=O)(=O)c2ccc(C#N)cc2N)sc1C. The highest BCUT2D eigenvalue weighted by Gasteiger charge is 2.20. The van der Waals surface area contributed by atoms with E-state index in [4.69, 9.17) is 11.0 Å². The summed E-state index contributed by atoms with van der Waals surface area (Å²) in [5, 5.41) is 9.09. The molecular weight excluding hydrogens is 308 g/mol. The van der Waals surface area contributed by atoms with Gasteiger partial charge in [0, 0.05) is 4.88 Å². The molecular formula is C13H14N4O2S2. The summed E-state index contributed by atoms with van der Waals surface area (Å²) in [6.07, 6.45) is 0.739. The molecule has 6 nitrogen and oxygen atoms in total. The molecule has 0 saturated heterocycles. The predicted octanol–water partition coefficient (Wildman–Crippen LogP) is 2.27. The zero-order valence-corrected chi connectivity index (χ0v) is 13.2. The van der Waals surface area contributed by atoms with Gasteiger partial charge in [-0.15, -0.1) is 11.3 Å². The zero-order chi connectivity index (χ0) is 15.6. The van der Waals surface area contributed by atoms with Gasteiger partial charge < -0.3 is 5.73 Å². The summed E-state index contributed by atoms with van der Waals surface area (Å²) >= 11 is 1.28. The standard InChI is InChI=1S/C13H14N4O2S2/c1-3-11-8(2)20-13(16-11)17-21(18,19)12-5-4-9(7-14)6-10(12)15/h4-6H,3,15H2,1-2H3,(H,16,17). The number of hydrogen-bond donors (Lipinski definition) is 2. The summed E-state index contributed by atoms with van der Waals surface area (Å²) in [5.41, 5.74) is 6.92. The van der Waals surface area contributed by atoms with E-state index in [-0.39, 0.29) is 10.6 Å². The smallest absolute Gasteiger partial charge is 0.265 e. The number of hydrogen-bond acceptors (Lipinski definition) is 6. The van der Waals surface area contributed by atoms with E-state index in [1.807, 2.05) is 19.9 Å². The maximum Gasteiger partial charge on any atom is 0.265 e. The molecule has 0 spiro atoms. The van der Waals surface area contributed by atoms with Gasteiger partial charge in [0.05, 0.1) is 23.0 Å². The molecule has 0 unspecified atom stereocenters. The topological polar surface area (TPSA) is 109 Å². The first-order valence-electron chi connectivity index (χ1n) is 6.16. The van der Waals surface area contributed by atoms with Crippen molar-refractivity contribution in [3.63, 3.8) is 0 Å². The fourth-order valence-electron chi connectivity index (χ4n) is 1.83. The molecule has 0 radical (unpaired) electrons. The van der Waals surface area contributed by atoms with Crippen LogP contribution in [0.15, 0.2) is 23.1 Å². The number of nitrogen functional groups attached to an aromatic ring is 1. The van der Waals surface area contributed by atoms with Gasteiger partial charge in [0.1, 0.15) is 4.90 Å². The minimum absolute atomic E-state index is 0.0329. The van der Waals surface area contributed by atoms with Crippen LogP contribution in [0, 0.1) is 18.3 Å². The van der Waals surface area contributed by atoms with E-state index < -0.39 is 10.0 Å². The first-order valence-corrected chi connectivity index (χ1v) is 8.46. The van der Waals surface area contributed by atoms with Crippen molar-refractivity contribution in [2.75, 3.05) is 10.5 Å². The number of thiazole rings is 1. The number of anilines is 2. The molecule has 8 heteroatoms. The van der Waals surface area contributed by atoms with E-state index >= 15 is 0 Å². The van der Waals surface area contributed by atoms with Gasteiger partial charge in [0.25, 0.3) is 10.0 Å². The third kappa shape index (κ3) is 3.15. The van der Waals surface area contributed by atoms with Crippen LogP contribution in [-0.2, 0) is 16.4 Å². The Kier molecular flexibility index (Phi) is 4.16. The van der Waals surface area contributed by atoms with Crippen LogP contribution in [0.4, 0.5) is 10.8 Å². The second-order valence-corrected chi connectivity index (χ2v) is 7.20. The minimum atomic E-state index is -3.82. The van der Waals surface area contributed by atoms with Crippen LogP contribution >= 0.6 is 11.3 Å².